The first kappa shape index (κ1) is 26.1. The molecule has 1 aliphatic carbocycles. The van der Waals surface area contributed by atoms with E-state index < -0.39 is 16.8 Å². The fraction of sp³-hybridized carbons (Fsp3) is 0.438. The third-order valence-corrected chi connectivity index (χ3v) is 16.7. The Morgan fingerprint density at radius 2 is 1.24 bits per heavy atom. The van der Waals surface area contributed by atoms with Crippen LogP contribution < -0.4 is 9.13 Å². The molecule has 196 valence electrons. The van der Waals surface area contributed by atoms with Gasteiger partial charge in [-0.15, -0.1) is 0 Å². The molecule has 0 radical (unpaired) electrons. The second-order valence-corrected chi connectivity index (χ2v) is 23.1. The van der Waals surface area contributed by atoms with Gasteiger partial charge in [-0.2, -0.15) is 0 Å². The number of nitrogens with zero attached hydrogens (tertiary/aromatic N) is 3. The van der Waals surface area contributed by atoms with Gasteiger partial charge in [0.15, 0.2) is 0 Å². The fourth-order valence-electron chi connectivity index (χ4n) is 6.61. The van der Waals surface area contributed by atoms with E-state index in [2.05, 4.69) is 153 Å². The molecule has 3 nitrogen and oxygen atoms in total. The quantitative estimate of drug-likeness (QED) is 0.370. The van der Waals surface area contributed by atoms with E-state index in [1.54, 1.807) is 0 Å². The number of hydrogen-bond donors (Lipinski definition) is 0. The van der Waals surface area contributed by atoms with Crippen molar-refractivity contribution in [3.8, 4) is 0 Å². The Kier molecular flexibility index (Phi) is 6.19. The summed E-state index contributed by atoms with van der Waals surface area (Å²) in [7, 11) is -4.46. The number of hydrogen-bond acceptors (Lipinski definition) is 3. The van der Waals surface area contributed by atoms with Crippen LogP contribution in [0.25, 0.3) is 5.70 Å². The van der Waals surface area contributed by atoms with Gasteiger partial charge >= 0.3 is 8.56 Å². The second-order valence-electron chi connectivity index (χ2n) is 14.4. The third kappa shape index (κ3) is 4.34. The largest absolute Gasteiger partial charge is 0.391 e. The van der Waals surface area contributed by atoms with E-state index in [9.17, 15) is 0 Å². The molecule has 2 aliphatic heterocycles. The highest BCUT2D eigenvalue weighted by atomic mass is 28.4. The molecule has 0 N–H and O–H groups in total. The second kappa shape index (κ2) is 8.77. The van der Waals surface area contributed by atoms with Crippen molar-refractivity contribution in [1.29, 1.82) is 0 Å². The van der Waals surface area contributed by atoms with E-state index in [0.717, 1.165) is 13.1 Å². The molecule has 0 fully saturated rings. The van der Waals surface area contributed by atoms with Crippen LogP contribution in [-0.2, 0) is 0 Å². The molecule has 1 atom stereocenters. The van der Waals surface area contributed by atoms with Gasteiger partial charge in [0, 0.05) is 18.8 Å². The lowest BCUT2D eigenvalue weighted by molar-refractivity contribution is 0.417. The van der Waals surface area contributed by atoms with Crippen LogP contribution in [0.15, 0.2) is 84.5 Å². The zero-order valence-corrected chi connectivity index (χ0v) is 26.3. The summed E-state index contributed by atoms with van der Waals surface area (Å²) in [4.78, 5) is 0. The zero-order valence-electron chi connectivity index (χ0n) is 24.3. The standard InChI is InChI=1S/C32H45N3Si2/c1-31(2,3)23-33-27-20-14-15-21-28(27)34(24-32(4,5)6)37(33)29-22-16-13-19-26(29)30(35(37)36(7,8)9)25-17-11-10-12-18-25/h10-22,29H,23-24H2,1-9H3. The minimum atomic E-state index is -2.58. The molecule has 3 aliphatic rings. The molecule has 37 heavy (non-hydrogen) atoms. The van der Waals surface area contributed by atoms with E-state index in [-0.39, 0.29) is 10.8 Å². The molecular weight excluding hydrogens is 483 g/mol. The van der Waals surface area contributed by atoms with Gasteiger partial charge in [0.25, 0.3) is 0 Å². The highest BCUT2D eigenvalue weighted by Gasteiger charge is 2.69. The van der Waals surface area contributed by atoms with Crippen molar-refractivity contribution in [3.63, 3.8) is 0 Å². The van der Waals surface area contributed by atoms with Crippen molar-refractivity contribution >= 4 is 33.9 Å². The number of anilines is 2. The number of rotatable bonds is 4. The number of para-hydroxylation sites is 2. The third-order valence-electron chi connectivity index (χ3n) is 7.51. The van der Waals surface area contributed by atoms with Gasteiger partial charge < -0.3 is 13.4 Å². The Hall–Kier alpha value is -2.51. The molecule has 1 spiro atoms. The fourth-order valence-corrected chi connectivity index (χ4v) is 18.5. The lowest BCUT2D eigenvalue weighted by atomic mass is 9.96. The van der Waals surface area contributed by atoms with Crippen molar-refractivity contribution in [2.24, 2.45) is 10.8 Å². The summed E-state index contributed by atoms with van der Waals surface area (Å²) in [5.74, 6) is 0. The molecular formula is C32H45N3Si2. The van der Waals surface area contributed by atoms with Crippen LogP contribution in [0.3, 0.4) is 0 Å². The molecule has 5 rings (SSSR count). The van der Waals surface area contributed by atoms with Gasteiger partial charge in [0.2, 0.25) is 0 Å². The lowest BCUT2D eigenvalue weighted by Gasteiger charge is -2.56. The summed E-state index contributed by atoms with van der Waals surface area (Å²) in [6.45, 7) is 24.2. The average molecular weight is 528 g/mol. The van der Waals surface area contributed by atoms with Crippen LogP contribution in [-0.4, -0.2) is 34.1 Å². The molecule has 0 bridgehead atoms. The van der Waals surface area contributed by atoms with E-state index in [1.165, 1.54) is 28.2 Å². The Balaban J connectivity index is 1.88. The smallest absolute Gasteiger partial charge is 0.383 e. The van der Waals surface area contributed by atoms with Crippen molar-refractivity contribution < 1.29 is 0 Å². The monoisotopic (exact) mass is 527 g/mol. The molecule has 2 heterocycles. The molecule has 2 aromatic carbocycles. The number of allylic oxidation sites excluding steroid dienone is 5. The SMILES string of the molecule is CC(C)(C)CN1c2ccccc2N(CC(C)(C)C)[Si]12C1C=CC=CC1=C(c1ccccc1)N2[Si](C)(C)C. The molecule has 0 amide bonds. The van der Waals surface area contributed by atoms with Crippen molar-refractivity contribution in [2.45, 2.75) is 66.7 Å². The highest BCUT2D eigenvalue weighted by Crippen LogP contribution is 2.60. The normalized spacial score (nSPS) is 20.8. The van der Waals surface area contributed by atoms with Gasteiger partial charge in [-0.1, -0.05) is 128 Å². The van der Waals surface area contributed by atoms with E-state index >= 15 is 0 Å². The first-order chi connectivity index (χ1) is 17.2. The topological polar surface area (TPSA) is 9.72 Å². The molecule has 0 saturated heterocycles. The highest BCUT2D eigenvalue weighted by molar-refractivity contribution is 7.00. The van der Waals surface area contributed by atoms with Gasteiger partial charge in [0.05, 0.1) is 16.9 Å². The van der Waals surface area contributed by atoms with Crippen LogP contribution in [0.1, 0.15) is 47.1 Å². The summed E-state index contributed by atoms with van der Waals surface area (Å²) in [6.07, 6.45) is 9.54. The lowest BCUT2D eigenvalue weighted by Crippen LogP contribution is -2.78. The average Bonchev–Trinajstić information content (AvgIpc) is 3.25. The summed E-state index contributed by atoms with van der Waals surface area (Å²) in [5, 5.41) is 0. The van der Waals surface area contributed by atoms with Gasteiger partial charge in [-0.3, -0.25) is 0 Å². The van der Waals surface area contributed by atoms with Crippen molar-refractivity contribution in [1.82, 2.24) is 4.23 Å². The van der Waals surface area contributed by atoms with Crippen LogP contribution >= 0.6 is 0 Å². The maximum Gasteiger partial charge on any atom is 0.383 e. The van der Waals surface area contributed by atoms with Crippen LogP contribution in [0.2, 0.25) is 25.2 Å². The van der Waals surface area contributed by atoms with Gasteiger partial charge in [0.1, 0.15) is 8.24 Å². The maximum atomic E-state index is 3.05. The van der Waals surface area contributed by atoms with E-state index in [4.69, 9.17) is 0 Å². The Bertz CT molecular complexity index is 1210. The summed E-state index contributed by atoms with van der Waals surface area (Å²) < 4.78 is 8.90. The Morgan fingerprint density at radius 3 is 1.73 bits per heavy atom. The Labute approximate surface area is 227 Å². The molecule has 2 aromatic rings. The minimum absolute atomic E-state index is 0.167. The molecule has 1 unspecified atom stereocenters. The number of benzene rings is 2. The van der Waals surface area contributed by atoms with Crippen LogP contribution in [0.4, 0.5) is 11.4 Å². The van der Waals surface area contributed by atoms with E-state index in [1.807, 2.05) is 0 Å². The van der Waals surface area contributed by atoms with Crippen LogP contribution in [0, 0.1) is 10.8 Å². The summed E-state index contributed by atoms with van der Waals surface area (Å²) in [5.41, 5.74) is 7.89. The summed E-state index contributed by atoms with van der Waals surface area (Å²) in [6, 6.07) is 20.5. The molecule has 5 heteroatoms. The zero-order chi connectivity index (χ0) is 26.8. The van der Waals surface area contributed by atoms with E-state index in [0.29, 0.717) is 5.54 Å². The minimum Gasteiger partial charge on any atom is -0.391 e. The Morgan fingerprint density at radius 1 is 0.730 bits per heavy atom. The number of fused-ring (bicyclic) bond motifs is 3. The maximum absolute atomic E-state index is 3.05. The first-order valence-corrected chi connectivity index (χ1v) is 19.2. The van der Waals surface area contributed by atoms with Crippen molar-refractivity contribution in [2.75, 3.05) is 22.2 Å². The first-order valence-electron chi connectivity index (χ1n) is 13.8. The van der Waals surface area contributed by atoms with Gasteiger partial charge in [-0.05, 0) is 34.1 Å². The van der Waals surface area contributed by atoms with Crippen molar-refractivity contribution in [3.05, 3.63) is 90.0 Å². The van der Waals surface area contributed by atoms with Gasteiger partial charge in [-0.25, -0.2) is 0 Å². The van der Waals surface area contributed by atoms with Crippen LogP contribution in [0.5, 0.6) is 0 Å². The predicted molar refractivity (Wildman–Crippen MR) is 166 cm³/mol. The molecule has 0 aromatic heterocycles. The molecule has 0 saturated carbocycles. The summed E-state index contributed by atoms with van der Waals surface area (Å²) >= 11 is 0. The predicted octanol–water partition coefficient (Wildman–Crippen LogP) is 8.40.